The molecule has 0 saturated heterocycles. The number of hydrogen-bond acceptors (Lipinski definition) is 4. The van der Waals surface area contributed by atoms with E-state index in [2.05, 4.69) is 31.1 Å². The Morgan fingerprint density at radius 1 is 1.35 bits per heavy atom. The summed E-state index contributed by atoms with van der Waals surface area (Å²) >= 11 is 0. The molecule has 0 fully saturated rings. The fourth-order valence-corrected chi connectivity index (χ4v) is 1.71. The molecule has 0 aliphatic heterocycles. The molecule has 1 aromatic carbocycles. The minimum Gasteiger partial charge on any atom is -0.423 e. The quantitative estimate of drug-likeness (QED) is 0.794. The van der Waals surface area contributed by atoms with Gasteiger partial charge < -0.3 is 15.5 Å². The number of hydrogen-bond donors (Lipinski definition) is 2. The van der Waals surface area contributed by atoms with E-state index in [0.29, 0.717) is 11.7 Å². The lowest BCUT2D eigenvalue weighted by molar-refractivity contribution is 0.455. The van der Waals surface area contributed by atoms with Crippen LogP contribution in [-0.4, -0.2) is 10.5 Å². The first kappa shape index (κ1) is 11.8. The molecule has 4 nitrogen and oxygen atoms in total. The number of rotatable bonds is 4. The molecule has 0 aliphatic rings. The normalized spacial score (nSPS) is 11.9. The third kappa shape index (κ3) is 2.20. The van der Waals surface area contributed by atoms with E-state index in [1.807, 2.05) is 18.2 Å². The van der Waals surface area contributed by atoms with Crippen molar-refractivity contribution in [3.8, 4) is 0 Å². The Labute approximate surface area is 101 Å². The van der Waals surface area contributed by atoms with E-state index in [9.17, 15) is 0 Å². The van der Waals surface area contributed by atoms with Gasteiger partial charge in [0.15, 0.2) is 5.58 Å². The van der Waals surface area contributed by atoms with Gasteiger partial charge in [-0.15, -0.1) is 0 Å². The minimum atomic E-state index is 0.00956. The molecule has 0 radical (unpaired) electrons. The number of nitrogens with one attached hydrogen (secondary N) is 1. The van der Waals surface area contributed by atoms with Crippen molar-refractivity contribution >= 4 is 22.8 Å². The first-order valence-electron chi connectivity index (χ1n) is 6.01. The van der Waals surface area contributed by atoms with E-state index >= 15 is 0 Å². The Morgan fingerprint density at radius 2 is 2.06 bits per heavy atom. The van der Waals surface area contributed by atoms with Crippen molar-refractivity contribution < 1.29 is 4.42 Å². The Bertz CT molecular complexity index is 514. The SMILES string of the molecule is CCC(C)(CC)Nc1nc2c(N)cccc2o1. The van der Waals surface area contributed by atoms with Crippen molar-refractivity contribution in [3.05, 3.63) is 18.2 Å². The van der Waals surface area contributed by atoms with Gasteiger partial charge in [0.25, 0.3) is 6.01 Å². The molecule has 0 unspecified atom stereocenters. The molecule has 2 aromatic rings. The van der Waals surface area contributed by atoms with Crippen LogP contribution in [0.2, 0.25) is 0 Å². The molecule has 0 spiro atoms. The fraction of sp³-hybridized carbons (Fsp3) is 0.462. The van der Waals surface area contributed by atoms with Gasteiger partial charge in [0, 0.05) is 5.54 Å². The molecule has 0 bridgehead atoms. The first-order valence-corrected chi connectivity index (χ1v) is 6.01. The van der Waals surface area contributed by atoms with Crippen LogP contribution < -0.4 is 11.1 Å². The van der Waals surface area contributed by atoms with Crippen LogP contribution in [0.4, 0.5) is 11.7 Å². The molecule has 1 heterocycles. The van der Waals surface area contributed by atoms with E-state index in [4.69, 9.17) is 10.2 Å². The molecule has 0 atom stereocenters. The molecular formula is C13H19N3O. The van der Waals surface area contributed by atoms with Crippen LogP contribution in [-0.2, 0) is 0 Å². The largest absolute Gasteiger partial charge is 0.423 e. The number of nitrogens with zero attached hydrogens (tertiary/aromatic N) is 1. The number of nitrogen functional groups attached to an aromatic ring is 1. The average Bonchev–Trinajstić information content (AvgIpc) is 2.73. The Hall–Kier alpha value is -1.71. The maximum absolute atomic E-state index is 5.85. The van der Waals surface area contributed by atoms with Crippen LogP contribution in [0.5, 0.6) is 0 Å². The zero-order valence-electron chi connectivity index (χ0n) is 10.6. The van der Waals surface area contributed by atoms with Gasteiger partial charge in [-0.3, -0.25) is 0 Å². The summed E-state index contributed by atoms with van der Waals surface area (Å²) in [5.74, 6) is 0. The van der Waals surface area contributed by atoms with Crippen LogP contribution in [0.15, 0.2) is 22.6 Å². The highest BCUT2D eigenvalue weighted by atomic mass is 16.4. The Morgan fingerprint density at radius 3 is 2.65 bits per heavy atom. The zero-order valence-corrected chi connectivity index (χ0v) is 10.6. The van der Waals surface area contributed by atoms with Crippen LogP contribution in [0.1, 0.15) is 33.6 Å². The van der Waals surface area contributed by atoms with Crippen molar-refractivity contribution in [2.75, 3.05) is 11.1 Å². The summed E-state index contributed by atoms with van der Waals surface area (Å²) in [6.07, 6.45) is 2.02. The highest BCUT2D eigenvalue weighted by Gasteiger charge is 2.21. The average molecular weight is 233 g/mol. The number of anilines is 2. The summed E-state index contributed by atoms with van der Waals surface area (Å²) in [5, 5.41) is 3.34. The molecule has 2 rings (SSSR count). The lowest BCUT2D eigenvalue weighted by atomic mass is 9.96. The van der Waals surface area contributed by atoms with Gasteiger partial charge >= 0.3 is 0 Å². The maximum atomic E-state index is 5.85. The van der Waals surface area contributed by atoms with Crippen molar-refractivity contribution in [2.45, 2.75) is 39.2 Å². The predicted molar refractivity (Wildman–Crippen MR) is 71.0 cm³/mol. The van der Waals surface area contributed by atoms with Gasteiger partial charge in [0.2, 0.25) is 0 Å². The second-order valence-electron chi connectivity index (χ2n) is 4.61. The van der Waals surface area contributed by atoms with E-state index in [1.54, 1.807) is 0 Å². The number of benzene rings is 1. The number of oxazole rings is 1. The predicted octanol–water partition coefficient (Wildman–Crippen LogP) is 3.40. The van der Waals surface area contributed by atoms with Gasteiger partial charge in [-0.2, -0.15) is 4.98 Å². The first-order chi connectivity index (χ1) is 8.08. The molecule has 0 amide bonds. The molecule has 92 valence electrons. The summed E-state index contributed by atoms with van der Waals surface area (Å²) in [4.78, 5) is 4.39. The summed E-state index contributed by atoms with van der Waals surface area (Å²) < 4.78 is 5.65. The fourth-order valence-electron chi connectivity index (χ4n) is 1.71. The number of para-hydroxylation sites is 1. The molecule has 4 heteroatoms. The van der Waals surface area contributed by atoms with E-state index < -0.39 is 0 Å². The van der Waals surface area contributed by atoms with Crippen molar-refractivity contribution in [2.24, 2.45) is 0 Å². The molecular weight excluding hydrogens is 214 g/mol. The van der Waals surface area contributed by atoms with Crippen molar-refractivity contribution in [1.29, 1.82) is 0 Å². The molecule has 1 aromatic heterocycles. The third-order valence-electron chi connectivity index (χ3n) is 3.42. The molecule has 3 N–H and O–H groups in total. The van der Waals surface area contributed by atoms with E-state index in [-0.39, 0.29) is 5.54 Å². The van der Waals surface area contributed by atoms with Gasteiger partial charge in [-0.25, -0.2) is 0 Å². The smallest absolute Gasteiger partial charge is 0.296 e. The second kappa shape index (κ2) is 4.28. The highest BCUT2D eigenvalue weighted by molar-refractivity contribution is 5.86. The second-order valence-corrected chi connectivity index (χ2v) is 4.61. The summed E-state index contributed by atoms with van der Waals surface area (Å²) in [7, 11) is 0. The number of nitrogens with two attached hydrogens (primary N) is 1. The topological polar surface area (TPSA) is 64.1 Å². The molecule has 0 saturated carbocycles. The number of fused-ring (bicyclic) bond motifs is 1. The third-order valence-corrected chi connectivity index (χ3v) is 3.42. The maximum Gasteiger partial charge on any atom is 0.296 e. The molecule has 0 aliphatic carbocycles. The van der Waals surface area contributed by atoms with Crippen molar-refractivity contribution in [1.82, 2.24) is 4.98 Å². The Balaban J connectivity index is 2.34. The van der Waals surface area contributed by atoms with Crippen LogP contribution in [0.3, 0.4) is 0 Å². The number of aromatic nitrogens is 1. The van der Waals surface area contributed by atoms with Crippen LogP contribution in [0, 0.1) is 0 Å². The minimum absolute atomic E-state index is 0.00956. The van der Waals surface area contributed by atoms with Gasteiger partial charge in [0.1, 0.15) is 5.52 Å². The van der Waals surface area contributed by atoms with Gasteiger partial charge in [0.05, 0.1) is 5.69 Å². The van der Waals surface area contributed by atoms with Gasteiger partial charge in [-0.1, -0.05) is 19.9 Å². The summed E-state index contributed by atoms with van der Waals surface area (Å²) in [5.41, 5.74) is 7.96. The lowest BCUT2D eigenvalue weighted by Gasteiger charge is -2.26. The van der Waals surface area contributed by atoms with E-state index in [0.717, 1.165) is 23.9 Å². The van der Waals surface area contributed by atoms with E-state index in [1.165, 1.54) is 0 Å². The highest BCUT2D eigenvalue weighted by Crippen LogP contribution is 2.27. The lowest BCUT2D eigenvalue weighted by Crippen LogP contribution is -2.33. The van der Waals surface area contributed by atoms with Crippen LogP contribution >= 0.6 is 0 Å². The standard InChI is InChI=1S/C13H19N3O/c1-4-13(3,5-2)16-12-15-11-9(14)7-6-8-10(11)17-12/h6-8H,4-5,14H2,1-3H3,(H,15,16). The Kier molecular flexibility index (Phi) is 2.96. The van der Waals surface area contributed by atoms with Gasteiger partial charge in [-0.05, 0) is 31.9 Å². The van der Waals surface area contributed by atoms with Crippen molar-refractivity contribution in [3.63, 3.8) is 0 Å². The summed E-state index contributed by atoms with van der Waals surface area (Å²) in [6, 6.07) is 6.11. The van der Waals surface area contributed by atoms with Crippen LogP contribution in [0.25, 0.3) is 11.1 Å². The zero-order chi connectivity index (χ0) is 12.5. The monoisotopic (exact) mass is 233 g/mol. The summed E-state index contributed by atoms with van der Waals surface area (Å²) in [6.45, 7) is 6.45. The molecule has 17 heavy (non-hydrogen) atoms.